The molecule has 2 aliphatic rings. The summed E-state index contributed by atoms with van der Waals surface area (Å²) in [5, 5.41) is 21.9. The summed E-state index contributed by atoms with van der Waals surface area (Å²) in [6, 6.07) is 11.4. The second kappa shape index (κ2) is 11.2. The van der Waals surface area contributed by atoms with Crippen molar-refractivity contribution in [1.29, 1.82) is 0 Å². The molecular formula is C26H30FN8O3+. The zero-order chi connectivity index (χ0) is 26.5. The Kier molecular flexibility index (Phi) is 7.54. The number of primary amides is 1. The highest BCUT2D eigenvalue weighted by atomic mass is 19.1. The molecular weight excluding hydrogens is 491 g/mol. The number of nitrogens with one attached hydrogen (secondary N) is 1. The van der Waals surface area contributed by atoms with Crippen molar-refractivity contribution in [2.75, 3.05) is 38.1 Å². The maximum atomic E-state index is 13.9. The Morgan fingerprint density at radius 1 is 1.21 bits per heavy atom. The molecule has 198 valence electrons. The average Bonchev–Trinajstić information content (AvgIpc) is 3.30. The maximum Gasteiger partial charge on any atom is 0.276 e. The molecule has 12 heteroatoms. The van der Waals surface area contributed by atoms with Gasteiger partial charge in [-0.15, -0.1) is 4.59 Å². The van der Waals surface area contributed by atoms with E-state index in [-0.39, 0.29) is 12.6 Å². The molecule has 3 heterocycles. The summed E-state index contributed by atoms with van der Waals surface area (Å²) in [5.74, 6) is 0.471. The fraction of sp³-hybridized carbons (Fsp3) is 0.346. The predicted octanol–water partition coefficient (Wildman–Crippen LogP) is 3.08. The number of carbonyl (C=O) groups is 1. The van der Waals surface area contributed by atoms with Gasteiger partial charge >= 0.3 is 0 Å². The molecule has 4 N–H and O–H groups in total. The summed E-state index contributed by atoms with van der Waals surface area (Å²) in [4.78, 5) is 22.9. The van der Waals surface area contributed by atoms with Crippen LogP contribution in [0.3, 0.4) is 0 Å². The predicted molar refractivity (Wildman–Crippen MR) is 140 cm³/mol. The molecule has 11 nitrogen and oxygen atoms in total. The minimum Gasteiger partial charge on any atom is -0.493 e. The van der Waals surface area contributed by atoms with Crippen LogP contribution in [0.15, 0.2) is 71.2 Å². The number of nitrogens with zero attached hydrogens (tertiary/aromatic N) is 6. The van der Waals surface area contributed by atoms with E-state index < -0.39 is 16.3 Å². The van der Waals surface area contributed by atoms with Gasteiger partial charge in [0.1, 0.15) is 23.7 Å². The van der Waals surface area contributed by atoms with Crippen LogP contribution in [0.25, 0.3) is 10.9 Å². The van der Waals surface area contributed by atoms with Crippen molar-refractivity contribution in [2.24, 2.45) is 16.1 Å². The number of hydrogen-bond acceptors (Lipinski definition) is 9. The Balaban J connectivity index is 1.26. The van der Waals surface area contributed by atoms with Crippen LogP contribution in [-0.2, 0) is 4.79 Å². The quantitative estimate of drug-likeness (QED) is 0.275. The van der Waals surface area contributed by atoms with Crippen LogP contribution in [0.2, 0.25) is 0 Å². The highest BCUT2D eigenvalue weighted by molar-refractivity contribution is 5.90. The van der Waals surface area contributed by atoms with Crippen LogP contribution < -0.4 is 20.4 Å². The zero-order valence-corrected chi connectivity index (χ0v) is 20.8. The highest BCUT2D eigenvalue weighted by Crippen LogP contribution is 2.32. The van der Waals surface area contributed by atoms with Gasteiger partial charge in [-0.1, -0.05) is 11.2 Å². The fourth-order valence-corrected chi connectivity index (χ4v) is 4.66. The second-order valence-electron chi connectivity index (χ2n) is 9.44. The lowest BCUT2D eigenvalue weighted by molar-refractivity contribution is -0.118. The van der Waals surface area contributed by atoms with Crippen LogP contribution in [0.4, 0.5) is 15.9 Å². The van der Waals surface area contributed by atoms with Gasteiger partial charge in [-0.3, -0.25) is 4.79 Å². The first kappa shape index (κ1) is 25.6. The number of fused-ring (bicyclic) bond motifs is 1. The third-order valence-corrected chi connectivity index (χ3v) is 6.60. The van der Waals surface area contributed by atoms with E-state index in [0.29, 0.717) is 35.2 Å². The monoisotopic (exact) mass is 521 g/mol. The summed E-state index contributed by atoms with van der Waals surface area (Å²) >= 11 is 0. The third-order valence-electron chi connectivity index (χ3n) is 6.60. The van der Waals surface area contributed by atoms with Crippen molar-refractivity contribution in [3.8, 4) is 5.75 Å². The fourth-order valence-electron chi connectivity index (χ4n) is 4.66. The Hall–Kier alpha value is -4.00. The molecule has 5 rings (SSSR count). The standard InChI is InChI=1S/C26H29FN8O3/c27-18-3-1-4-19(13-18)35(15-24(28)37)16-25(32-33-35)31-26-22-6-5-21(14-23(22)29-17-30-26)38-12-2-9-34-10-7-20(36)8-11-34/h1,3-6,13-14,16-17,20,36H,2,7-12,15H2,(H2-,28,29,30,31,37)/p+1. The number of rotatable bonds is 10. The minimum absolute atomic E-state index is 0.167. The van der Waals surface area contributed by atoms with Crippen molar-refractivity contribution in [2.45, 2.75) is 25.4 Å². The Morgan fingerprint density at radius 2 is 2.05 bits per heavy atom. The summed E-state index contributed by atoms with van der Waals surface area (Å²) in [7, 11) is 0. The van der Waals surface area contributed by atoms with Gasteiger partial charge in [-0.25, -0.2) is 14.4 Å². The number of aromatic nitrogens is 2. The SMILES string of the molecule is NC(=O)C[N+]1(c2cccc(F)c2)C=C(Nc2ncnc3cc(OCCCN4CCC(O)CC4)ccc23)N=N1. The Bertz CT molecular complexity index is 1380. The van der Waals surface area contributed by atoms with Gasteiger partial charge in [0.2, 0.25) is 5.82 Å². The van der Waals surface area contributed by atoms with E-state index in [0.717, 1.165) is 44.3 Å². The molecule has 2 aromatic carbocycles. The number of quaternary nitrogens is 1. The molecule has 1 saturated heterocycles. The Labute approximate surface area is 219 Å². The van der Waals surface area contributed by atoms with Gasteiger partial charge in [0.05, 0.1) is 18.2 Å². The summed E-state index contributed by atoms with van der Waals surface area (Å²) in [5.41, 5.74) is 6.56. The highest BCUT2D eigenvalue weighted by Gasteiger charge is 2.38. The maximum absolute atomic E-state index is 13.9. The second-order valence-corrected chi connectivity index (χ2v) is 9.44. The van der Waals surface area contributed by atoms with E-state index in [9.17, 15) is 14.3 Å². The number of aliphatic hydroxyl groups excluding tert-OH is 1. The third kappa shape index (κ3) is 5.93. The van der Waals surface area contributed by atoms with Gasteiger partial charge in [0.15, 0.2) is 18.4 Å². The normalized spacial score (nSPS) is 20.0. The van der Waals surface area contributed by atoms with Crippen LogP contribution in [0.5, 0.6) is 5.75 Å². The van der Waals surface area contributed by atoms with Gasteiger partial charge in [-0.05, 0) is 37.5 Å². The average molecular weight is 522 g/mol. The smallest absolute Gasteiger partial charge is 0.276 e. The number of ether oxygens (including phenoxy) is 1. The van der Waals surface area contributed by atoms with E-state index in [2.05, 4.69) is 30.5 Å². The minimum atomic E-state index is -0.611. The number of halogens is 1. The van der Waals surface area contributed by atoms with Crippen LogP contribution in [-0.4, -0.2) is 64.8 Å². The zero-order valence-electron chi connectivity index (χ0n) is 20.8. The van der Waals surface area contributed by atoms with Gasteiger partial charge < -0.3 is 25.8 Å². The summed E-state index contributed by atoms with van der Waals surface area (Å²) < 4.78 is 19.5. The number of benzene rings is 2. The number of hydrogen-bond donors (Lipinski definition) is 3. The van der Waals surface area contributed by atoms with Crippen molar-refractivity contribution in [3.63, 3.8) is 0 Å². The molecule has 0 spiro atoms. The molecule has 38 heavy (non-hydrogen) atoms. The van der Waals surface area contributed by atoms with Crippen molar-refractivity contribution < 1.29 is 19.0 Å². The number of piperidine rings is 1. The molecule has 0 aliphatic carbocycles. The number of anilines is 1. The van der Waals surface area contributed by atoms with Crippen molar-refractivity contribution in [3.05, 3.63) is 66.6 Å². The first-order valence-electron chi connectivity index (χ1n) is 12.5. The van der Waals surface area contributed by atoms with E-state index in [1.165, 1.54) is 24.5 Å². The summed E-state index contributed by atoms with van der Waals surface area (Å²) in [6.07, 6.45) is 5.41. The molecule has 1 unspecified atom stereocenters. The lowest BCUT2D eigenvalue weighted by Crippen LogP contribution is -2.44. The molecule has 1 atom stereocenters. The van der Waals surface area contributed by atoms with Crippen molar-refractivity contribution >= 4 is 28.3 Å². The van der Waals surface area contributed by atoms with Gasteiger partial charge in [0.25, 0.3) is 5.91 Å². The van der Waals surface area contributed by atoms with Crippen LogP contribution in [0.1, 0.15) is 19.3 Å². The number of aliphatic hydroxyl groups is 1. The molecule has 3 aromatic rings. The van der Waals surface area contributed by atoms with E-state index in [1.807, 2.05) is 18.2 Å². The molecule has 2 aliphatic heterocycles. The van der Waals surface area contributed by atoms with Gasteiger partial charge in [-0.2, -0.15) is 0 Å². The van der Waals surface area contributed by atoms with Crippen molar-refractivity contribution in [1.82, 2.24) is 19.5 Å². The largest absolute Gasteiger partial charge is 0.493 e. The summed E-state index contributed by atoms with van der Waals surface area (Å²) in [6.45, 7) is 3.14. The Morgan fingerprint density at radius 3 is 2.84 bits per heavy atom. The van der Waals surface area contributed by atoms with E-state index in [4.69, 9.17) is 10.5 Å². The lowest BCUT2D eigenvalue weighted by atomic mass is 10.1. The molecule has 0 bridgehead atoms. The topological polar surface area (TPSA) is 138 Å². The van der Waals surface area contributed by atoms with E-state index >= 15 is 0 Å². The van der Waals surface area contributed by atoms with Crippen LogP contribution >= 0.6 is 0 Å². The van der Waals surface area contributed by atoms with E-state index in [1.54, 1.807) is 12.3 Å². The molecule has 1 aromatic heterocycles. The number of likely N-dealkylation sites (tertiary alicyclic amines) is 1. The van der Waals surface area contributed by atoms with Crippen LogP contribution in [0, 0.1) is 5.82 Å². The molecule has 1 fully saturated rings. The number of amides is 1. The first-order chi connectivity index (χ1) is 18.4. The lowest BCUT2D eigenvalue weighted by Gasteiger charge is -2.29. The van der Waals surface area contributed by atoms with Gasteiger partial charge in [0, 0.05) is 48.4 Å². The number of carbonyl (C=O) groups excluding carboxylic acids is 1. The molecule has 0 radical (unpaired) electrons. The molecule has 0 saturated carbocycles. The molecule has 1 amide bonds. The number of nitrogens with two attached hydrogens (primary N) is 1. The first-order valence-corrected chi connectivity index (χ1v) is 12.5.